The number of aromatic nitrogens is 1. The van der Waals surface area contributed by atoms with Crippen LogP contribution in [0, 0.1) is 5.92 Å². The Labute approximate surface area is 126 Å². The molecule has 0 aliphatic carbocycles. The van der Waals surface area contributed by atoms with Gasteiger partial charge in [0.1, 0.15) is 0 Å². The molecule has 8 heteroatoms. The SMILES string of the molecule is O=C(O)C1CCCN(S(=O)(=O)c2nc3ccccc3s2)C1. The van der Waals surface area contributed by atoms with E-state index in [1.54, 1.807) is 12.1 Å². The van der Waals surface area contributed by atoms with Crippen molar-refractivity contribution in [2.45, 2.75) is 17.2 Å². The lowest BCUT2D eigenvalue weighted by molar-refractivity contribution is -0.142. The van der Waals surface area contributed by atoms with E-state index in [1.807, 2.05) is 12.1 Å². The summed E-state index contributed by atoms with van der Waals surface area (Å²) in [6.07, 6.45) is 1.07. The maximum absolute atomic E-state index is 12.6. The van der Waals surface area contributed by atoms with Gasteiger partial charge in [-0.1, -0.05) is 12.1 Å². The number of sulfonamides is 1. The van der Waals surface area contributed by atoms with Crippen LogP contribution in [0.5, 0.6) is 0 Å². The highest BCUT2D eigenvalue weighted by molar-refractivity contribution is 7.91. The molecule has 1 aromatic carbocycles. The van der Waals surface area contributed by atoms with Gasteiger partial charge in [-0.15, -0.1) is 11.3 Å². The van der Waals surface area contributed by atoms with Gasteiger partial charge in [0, 0.05) is 13.1 Å². The molecule has 1 saturated heterocycles. The lowest BCUT2D eigenvalue weighted by atomic mass is 10.0. The second kappa shape index (κ2) is 5.36. The van der Waals surface area contributed by atoms with Gasteiger partial charge < -0.3 is 5.11 Å². The first kappa shape index (κ1) is 14.4. The number of fused-ring (bicyclic) bond motifs is 1. The van der Waals surface area contributed by atoms with Crippen molar-refractivity contribution in [3.63, 3.8) is 0 Å². The summed E-state index contributed by atoms with van der Waals surface area (Å²) < 4.78 is 27.3. The van der Waals surface area contributed by atoms with Crippen LogP contribution in [-0.4, -0.2) is 41.9 Å². The van der Waals surface area contributed by atoms with Crippen molar-refractivity contribution >= 4 is 37.5 Å². The summed E-state index contributed by atoms with van der Waals surface area (Å²) in [4.78, 5) is 15.2. The lowest BCUT2D eigenvalue weighted by Gasteiger charge is -2.28. The zero-order valence-corrected chi connectivity index (χ0v) is 12.7. The van der Waals surface area contributed by atoms with Crippen LogP contribution in [0.25, 0.3) is 10.2 Å². The Bertz CT molecular complexity index is 751. The third kappa shape index (κ3) is 2.66. The normalized spacial score (nSPS) is 20.7. The van der Waals surface area contributed by atoms with E-state index in [9.17, 15) is 13.2 Å². The van der Waals surface area contributed by atoms with Crippen LogP contribution in [0.2, 0.25) is 0 Å². The number of carboxylic acid groups (broad SMARTS) is 1. The van der Waals surface area contributed by atoms with Crippen LogP contribution < -0.4 is 0 Å². The van der Waals surface area contributed by atoms with E-state index in [1.165, 1.54) is 4.31 Å². The Balaban J connectivity index is 1.94. The first-order valence-corrected chi connectivity index (χ1v) is 8.82. The highest BCUT2D eigenvalue weighted by Gasteiger charge is 2.34. The van der Waals surface area contributed by atoms with Gasteiger partial charge in [-0.05, 0) is 25.0 Å². The molecule has 1 fully saturated rings. The fraction of sp³-hybridized carbons (Fsp3) is 0.385. The zero-order chi connectivity index (χ0) is 15.0. The van der Waals surface area contributed by atoms with E-state index < -0.39 is 21.9 Å². The fourth-order valence-electron chi connectivity index (χ4n) is 2.43. The monoisotopic (exact) mass is 326 g/mol. The minimum atomic E-state index is -3.71. The Morgan fingerprint density at radius 2 is 2.14 bits per heavy atom. The molecule has 1 unspecified atom stereocenters. The predicted octanol–water partition coefficient (Wildman–Crippen LogP) is 1.78. The van der Waals surface area contributed by atoms with Crippen LogP contribution in [0.15, 0.2) is 28.6 Å². The highest BCUT2D eigenvalue weighted by atomic mass is 32.2. The summed E-state index contributed by atoms with van der Waals surface area (Å²) in [5.41, 5.74) is 0.646. The molecule has 1 atom stereocenters. The van der Waals surface area contributed by atoms with Crippen molar-refractivity contribution in [1.82, 2.24) is 9.29 Å². The van der Waals surface area contributed by atoms with Gasteiger partial charge in [-0.25, -0.2) is 13.4 Å². The van der Waals surface area contributed by atoms with Crippen LogP contribution in [0.1, 0.15) is 12.8 Å². The smallest absolute Gasteiger partial charge is 0.307 e. The number of rotatable bonds is 3. The molecular weight excluding hydrogens is 312 g/mol. The van der Waals surface area contributed by atoms with Crippen molar-refractivity contribution in [3.05, 3.63) is 24.3 Å². The van der Waals surface area contributed by atoms with Gasteiger partial charge in [0.15, 0.2) is 0 Å². The maximum atomic E-state index is 12.6. The van der Waals surface area contributed by atoms with E-state index in [-0.39, 0.29) is 10.9 Å². The summed E-state index contributed by atoms with van der Waals surface area (Å²) >= 11 is 1.12. The minimum absolute atomic E-state index is 0.0214. The number of para-hydroxylation sites is 1. The summed E-state index contributed by atoms with van der Waals surface area (Å²) in [5, 5.41) is 9.07. The van der Waals surface area contributed by atoms with Gasteiger partial charge >= 0.3 is 5.97 Å². The van der Waals surface area contributed by atoms with Gasteiger partial charge in [-0.3, -0.25) is 4.79 Å². The number of carboxylic acids is 1. The molecule has 0 saturated carbocycles. The molecule has 3 rings (SSSR count). The number of nitrogens with zero attached hydrogens (tertiary/aromatic N) is 2. The average molecular weight is 326 g/mol. The molecule has 1 N–H and O–H groups in total. The topological polar surface area (TPSA) is 87.6 Å². The molecule has 0 radical (unpaired) electrons. The van der Waals surface area contributed by atoms with Gasteiger partial charge in [0.05, 0.1) is 16.1 Å². The number of aliphatic carboxylic acids is 1. The summed E-state index contributed by atoms with van der Waals surface area (Å²) in [5.74, 6) is -1.58. The van der Waals surface area contributed by atoms with E-state index in [0.29, 0.717) is 24.9 Å². The predicted molar refractivity (Wildman–Crippen MR) is 78.7 cm³/mol. The van der Waals surface area contributed by atoms with E-state index in [0.717, 1.165) is 16.0 Å². The fourth-order valence-corrected chi connectivity index (χ4v) is 5.32. The van der Waals surface area contributed by atoms with Crippen molar-refractivity contribution in [1.29, 1.82) is 0 Å². The molecule has 21 heavy (non-hydrogen) atoms. The molecule has 1 aromatic heterocycles. The Morgan fingerprint density at radius 3 is 2.86 bits per heavy atom. The molecule has 1 aliphatic rings. The van der Waals surface area contributed by atoms with Crippen molar-refractivity contribution < 1.29 is 18.3 Å². The molecule has 2 heterocycles. The lowest BCUT2D eigenvalue weighted by Crippen LogP contribution is -2.42. The molecule has 6 nitrogen and oxygen atoms in total. The third-order valence-electron chi connectivity index (χ3n) is 3.57. The van der Waals surface area contributed by atoms with Crippen LogP contribution in [0.4, 0.5) is 0 Å². The number of hydrogen-bond donors (Lipinski definition) is 1. The molecule has 112 valence electrons. The second-order valence-corrected chi connectivity index (χ2v) is 8.13. The molecule has 2 aromatic rings. The van der Waals surface area contributed by atoms with Crippen LogP contribution in [-0.2, 0) is 14.8 Å². The quantitative estimate of drug-likeness (QED) is 0.929. The Hall–Kier alpha value is -1.51. The molecule has 1 aliphatic heterocycles. The van der Waals surface area contributed by atoms with Crippen molar-refractivity contribution in [2.24, 2.45) is 5.92 Å². The van der Waals surface area contributed by atoms with Crippen molar-refractivity contribution in [2.75, 3.05) is 13.1 Å². The van der Waals surface area contributed by atoms with Gasteiger partial charge in [-0.2, -0.15) is 4.31 Å². The maximum Gasteiger partial charge on any atom is 0.307 e. The third-order valence-corrected chi connectivity index (χ3v) is 6.83. The minimum Gasteiger partial charge on any atom is -0.481 e. The van der Waals surface area contributed by atoms with Crippen LogP contribution >= 0.6 is 11.3 Å². The first-order valence-electron chi connectivity index (χ1n) is 6.57. The van der Waals surface area contributed by atoms with E-state index in [4.69, 9.17) is 5.11 Å². The highest BCUT2D eigenvalue weighted by Crippen LogP contribution is 2.29. The molecule has 0 bridgehead atoms. The average Bonchev–Trinajstić information content (AvgIpc) is 2.92. The van der Waals surface area contributed by atoms with Gasteiger partial charge in [0.25, 0.3) is 10.0 Å². The van der Waals surface area contributed by atoms with Crippen LogP contribution in [0.3, 0.4) is 0 Å². The molecular formula is C13H14N2O4S2. The van der Waals surface area contributed by atoms with Gasteiger partial charge in [0.2, 0.25) is 4.34 Å². The largest absolute Gasteiger partial charge is 0.481 e. The molecule has 0 spiro atoms. The number of benzene rings is 1. The van der Waals surface area contributed by atoms with E-state index in [2.05, 4.69) is 4.98 Å². The summed E-state index contributed by atoms with van der Waals surface area (Å²) in [6.45, 7) is 0.371. The Morgan fingerprint density at radius 1 is 1.38 bits per heavy atom. The number of thiazole rings is 1. The second-order valence-electron chi connectivity index (χ2n) is 4.99. The van der Waals surface area contributed by atoms with E-state index >= 15 is 0 Å². The summed E-state index contributed by atoms with van der Waals surface area (Å²) in [6, 6.07) is 7.22. The number of hydrogen-bond acceptors (Lipinski definition) is 5. The summed E-state index contributed by atoms with van der Waals surface area (Å²) in [7, 11) is -3.71. The number of carbonyl (C=O) groups is 1. The Kier molecular flexibility index (Phi) is 3.68. The van der Waals surface area contributed by atoms with Crippen molar-refractivity contribution in [3.8, 4) is 0 Å². The zero-order valence-electron chi connectivity index (χ0n) is 11.1. The standard InChI is InChI=1S/C13H14N2O4S2/c16-12(17)9-4-3-7-15(8-9)21(18,19)13-14-10-5-1-2-6-11(10)20-13/h1-2,5-6,9H,3-4,7-8H2,(H,16,17). The first-order chi connectivity index (χ1) is 9.98. The number of piperidine rings is 1. The molecule has 0 amide bonds.